The molecule has 28 heavy (non-hydrogen) atoms. The molecule has 1 saturated carbocycles. The van der Waals surface area contributed by atoms with E-state index in [1.54, 1.807) is 0 Å². The van der Waals surface area contributed by atoms with E-state index in [-0.39, 0.29) is 23.5 Å². The van der Waals surface area contributed by atoms with Gasteiger partial charge in [-0.3, -0.25) is 19.4 Å². The van der Waals surface area contributed by atoms with Crippen LogP contribution >= 0.6 is 0 Å². The van der Waals surface area contributed by atoms with Gasteiger partial charge in [-0.15, -0.1) is 0 Å². The standard InChI is InChI=1S/C22H30N2O4/c1-23(21-16-27-17-8-2-3-9-18(17)28-21)12-6-7-13-24-19(25)14-22(15-20(24)26)10-4-5-11-22/h2-3,8-9,21H,4-7,10-16H2,1H3. The van der Waals surface area contributed by atoms with E-state index < -0.39 is 0 Å². The molecular formula is C22H30N2O4. The second kappa shape index (κ2) is 8.11. The largest absolute Gasteiger partial charge is 0.484 e. The second-order valence-corrected chi connectivity index (χ2v) is 8.52. The lowest BCUT2D eigenvalue weighted by molar-refractivity contribution is -0.153. The zero-order valence-corrected chi connectivity index (χ0v) is 16.7. The van der Waals surface area contributed by atoms with Gasteiger partial charge in [0.2, 0.25) is 11.8 Å². The first-order chi connectivity index (χ1) is 13.6. The first-order valence-electron chi connectivity index (χ1n) is 10.5. The number of likely N-dealkylation sites (tertiary alicyclic amines) is 1. The molecule has 1 aromatic carbocycles. The highest BCUT2D eigenvalue weighted by molar-refractivity contribution is 5.98. The molecule has 1 aromatic rings. The minimum absolute atomic E-state index is 0.0144. The molecule has 0 N–H and O–H groups in total. The quantitative estimate of drug-likeness (QED) is 0.555. The van der Waals surface area contributed by atoms with Crippen LogP contribution in [0.3, 0.4) is 0 Å². The van der Waals surface area contributed by atoms with Crippen molar-refractivity contribution in [3.63, 3.8) is 0 Å². The molecule has 6 nitrogen and oxygen atoms in total. The minimum atomic E-state index is -0.115. The summed E-state index contributed by atoms with van der Waals surface area (Å²) in [5.74, 6) is 1.63. The first kappa shape index (κ1) is 19.2. The molecule has 1 unspecified atom stereocenters. The van der Waals surface area contributed by atoms with E-state index in [0.717, 1.165) is 56.6 Å². The van der Waals surface area contributed by atoms with E-state index in [2.05, 4.69) is 4.90 Å². The maximum atomic E-state index is 12.5. The maximum absolute atomic E-state index is 12.5. The van der Waals surface area contributed by atoms with Crippen molar-refractivity contribution >= 4 is 11.8 Å². The van der Waals surface area contributed by atoms with Crippen LogP contribution in [-0.2, 0) is 9.59 Å². The van der Waals surface area contributed by atoms with Crippen molar-refractivity contribution in [3.8, 4) is 11.5 Å². The summed E-state index contributed by atoms with van der Waals surface area (Å²) in [4.78, 5) is 28.7. The molecule has 2 aliphatic heterocycles. The van der Waals surface area contributed by atoms with Crippen LogP contribution in [0.1, 0.15) is 51.4 Å². The number of nitrogens with zero attached hydrogens (tertiary/aromatic N) is 2. The predicted octanol–water partition coefficient (Wildman–Crippen LogP) is 3.21. The summed E-state index contributed by atoms with van der Waals surface area (Å²) in [6.07, 6.45) is 7.12. The third-order valence-corrected chi connectivity index (χ3v) is 6.45. The van der Waals surface area contributed by atoms with Crippen molar-refractivity contribution in [2.24, 2.45) is 5.41 Å². The average molecular weight is 386 g/mol. The highest BCUT2D eigenvalue weighted by Crippen LogP contribution is 2.46. The number of likely N-dealkylation sites (N-methyl/N-ethyl adjacent to an activating group) is 1. The zero-order valence-electron chi connectivity index (χ0n) is 16.7. The molecule has 1 atom stereocenters. The Bertz CT molecular complexity index is 709. The van der Waals surface area contributed by atoms with Gasteiger partial charge < -0.3 is 9.47 Å². The van der Waals surface area contributed by atoms with E-state index in [9.17, 15) is 9.59 Å². The van der Waals surface area contributed by atoms with Gasteiger partial charge in [0.25, 0.3) is 0 Å². The highest BCUT2D eigenvalue weighted by atomic mass is 16.6. The lowest BCUT2D eigenvalue weighted by atomic mass is 9.76. The van der Waals surface area contributed by atoms with E-state index in [0.29, 0.717) is 26.0 Å². The summed E-state index contributed by atoms with van der Waals surface area (Å²) in [5, 5.41) is 0. The smallest absolute Gasteiger partial charge is 0.229 e. The summed E-state index contributed by atoms with van der Waals surface area (Å²) in [7, 11) is 2.02. The van der Waals surface area contributed by atoms with Crippen molar-refractivity contribution < 1.29 is 19.1 Å². The molecule has 152 valence electrons. The molecular weight excluding hydrogens is 356 g/mol. The SMILES string of the molecule is CN(CCCCN1C(=O)CC2(CCCC2)CC1=O)C1COc2ccccc2O1. The van der Waals surface area contributed by atoms with Gasteiger partial charge in [-0.25, -0.2) is 0 Å². The van der Waals surface area contributed by atoms with Gasteiger partial charge in [-0.2, -0.15) is 0 Å². The monoisotopic (exact) mass is 386 g/mol. The molecule has 4 rings (SSSR count). The predicted molar refractivity (Wildman–Crippen MR) is 105 cm³/mol. The van der Waals surface area contributed by atoms with Crippen molar-refractivity contribution in [3.05, 3.63) is 24.3 Å². The maximum Gasteiger partial charge on any atom is 0.229 e. The Balaban J connectivity index is 1.21. The van der Waals surface area contributed by atoms with Crippen molar-refractivity contribution in [2.45, 2.75) is 57.6 Å². The molecule has 2 heterocycles. The van der Waals surface area contributed by atoms with Gasteiger partial charge in [0.1, 0.15) is 6.61 Å². The molecule has 1 saturated heterocycles. The molecule has 3 aliphatic rings. The third-order valence-electron chi connectivity index (χ3n) is 6.45. The van der Waals surface area contributed by atoms with Gasteiger partial charge in [-0.05, 0) is 50.3 Å². The number of hydrogen-bond acceptors (Lipinski definition) is 5. The summed E-state index contributed by atoms with van der Waals surface area (Å²) in [6, 6.07) is 7.70. The normalized spacial score (nSPS) is 23.6. The Labute approximate surface area is 166 Å². The number of carbonyl (C=O) groups excluding carboxylic acids is 2. The van der Waals surface area contributed by atoms with Crippen LogP contribution < -0.4 is 9.47 Å². The van der Waals surface area contributed by atoms with Crippen LogP contribution in [-0.4, -0.2) is 54.6 Å². The Morgan fingerprint density at radius 1 is 1.07 bits per heavy atom. The fourth-order valence-electron chi connectivity index (χ4n) is 4.76. The first-order valence-corrected chi connectivity index (χ1v) is 10.5. The number of carbonyl (C=O) groups is 2. The average Bonchev–Trinajstić information content (AvgIpc) is 3.13. The summed E-state index contributed by atoms with van der Waals surface area (Å²) in [6.45, 7) is 1.86. The fourth-order valence-corrected chi connectivity index (χ4v) is 4.76. The molecule has 2 fully saturated rings. The summed E-state index contributed by atoms with van der Waals surface area (Å²) >= 11 is 0. The van der Waals surface area contributed by atoms with Crippen LogP contribution in [0.5, 0.6) is 11.5 Å². The number of unbranched alkanes of at least 4 members (excludes halogenated alkanes) is 1. The number of fused-ring (bicyclic) bond motifs is 1. The van der Waals surface area contributed by atoms with Gasteiger partial charge in [0, 0.05) is 25.9 Å². The molecule has 0 bridgehead atoms. The molecule has 0 aromatic heterocycles. The second-order valence-electron chi connectivity index (χ2n) is 8.52. The van der Waals surface area contributed by atoms with Crippen molar-refractivity contribution in [2.75, 3.05) is 26.7 Å². The van der Waals surface area contributed by atoms with Crippen LogP contribution in [0.15, 0.2) is 24.3 Å². The van der Waals surface area contributed by atoms with Crippen LogP contribution in [0, 0.1) is 5.41 Å². The Morgan fingerprint density at radius 2 is 1.75 bits per heavy atom. The summed E-state index contributed by atoms with van der Waals surface area (Å²) < 4.78 is 11.8. The minimum Gasteiger partial charge on any atom is -0.484 e. The molecule has 2 amide bonds. The van der Waals surface area contributed by atoms with Gasteiger partial charge in [0.15, 0.2) is 17.7 Å². The Kier molecular flexibility index (Phi) is 5.58. The highest BCUT2D eigenvalue weighted by Gasteiger charge is 2.44. The number of rotatable bonds is 6. The van der Waals surface area contributed by atoms with Crippen LogP contribution in [0.25, 0.3) is 0 Å². The van der Waals surface area contributed by atoms with Crippen molar-refractivity contribution in [1.29, 1.82) is 0 Å². The zero-order chi connectivity index (χ0) is 19.6. The Hall–Kier alpha value is -2.08. The Morgan fingerprint density at radius 3 is 2.46 bits per heavy atom. The number of imide groups is 1. The van der Waals surface area contributed by atoms with E-state index in [1.165, 1.54) is 4.90 Å². The van der Waals surface area contributed by atoms with Gasteiger partial charge in [-0.1, -0.05) is 25.0 Å². The number of amides is 2. The third kappa shape index (κ3) is 4.02. The number of piperidine rings is 1. The van der Waals surface area contributed by atoms with Gasteiger partial charge >= 0.3 is 0 Å². The lowest BCUT2D eigenvalue weighted by Gasteiger charge is -2.37. The number of hydrogen-bond donors (Lipinski definition) is 0. The van der Waals surface area contributed by atoms with E-state index in [1.807, 2.05) is 31.3 Å². The van der Waals surface area contributed by atoms with E-state index >= 15 is 0 Å². The number of para-hydroxylation sites is 2. The topological polar surface area (TPSA) is 59.1 Å². The van der Waals surface area contributed by atoms with Crippen LogP contribution in [0.2, 0.25) is 0 Å². The molecule has 0 radical (unpaired) electrons. The lowest BCUT2D eigenvalue weighted by Crippen LogP contribution is -2.47. The van der Waals surface area contributed by atoms with Crippen LogP contribution in [0.4, 0.5) is 0 Å². The van der Waals surface area contributed by atoms with Gasteiger partial charge in [0.05, 0.1) is 0 Å². The molecule has 1 spiro atoms. The number of ether oxygens (including phenoxy) is 2. The summed E-state index contributed by atoms with van der Waals surface area (Å²) in [5.41, 5.74) is -0.0144. The number of benzene rings is 1. The fraction of sp³-hybridized carbons (Fsp3) is 0.636. The van der Waals surface area contributed by atoms with Crippen molar-refractivity contribution in [1.82, 2.24) is 9.80 Å². The molecule has 1 aliphatic carbocycles. The molecule has 6 heteroatoms. The van der Waals surface area contributed by atoms with E-state index in [4.69, 9.17) is 9.47 Å².